The van der Waals surface area contributed by atoms with E-state index in [4.69, 9.17) is 5.73 Å². The third-order valence-corrected chi connectivity index (χ3v) is 3.74. The molecule has 14 heavy (non-hydrogen) atoms. The molecule has 0 amide bonds. The van der Waals surface area contributed by atoms with Crippen LogP contribution < -0.4 is 5.73 Å². The van der Waals surface area contributed by atoms with Gasteiger partial charge in [-0.15, -0.1) is 0 Å². The molecule has 1 heterocycles. The highest BCUT2D eigenvalue weighted by Crippen LogP contribution is 2.22. The first-order valence-corrected chi connectivity index (χ1v) is 5.98. The second kappa shape index (κ2) is 5.13. The maximum Gasteiger partial charge on any atom is 0.0191 e. The highest BCUT2D eigenvalue weighted by atomic mass is 15.1. The standard InChI is InChI=1S/C12H26N2/c1-9(2)12(13)8-14-6-5-10(3)11(4)7-14/h9-12H,5-8,13H2,1-4H3. The zero-order valence-corrected chi connectivity index (χ0v) is 10.2. The summed E-state index contributed by atoms with van der Waals surface area (Å²) in [5.41, 5.74) is 6.09. The number of nitrogens with two attached hydrogens (primary N) is 1. The van der Waals surface area contributed by atoms with Crippen molar-refractivity contribution in [3.05, 3.63) is 0 Å². The topological polar surface area (TPSA) is 29.3 Å². The van der Waals surface area contributed by atoms with Crippen molar-refractivity contribution in [2.45, 2.75) is 40.2 Å². The van der Waals surface area contributed by atoms with Gasteiger partial charge in [0.2, 0.25) is 0 Å². The summed E-state index contributed by atoms with van der Waals surface area (Å²) in [5, 5.41) is 0. The maximum atomic E-state index is 6.09. The Hall–Kier alpha value is -0.0800. The molecule has 2 N–H and O–H groups in total. The number of piperidine rings is 1. The first-order valence-electron chi connectivity index (χ1n) is 5.98. The van der Waals surface area contributed by atoms with Crippen molar-refractivity contribution in [2.24, 2.45) is 23.5 Å². The largest absolute Gasteiger partial charge is 0.326 e. The van der Waals surface area contributed by atoms with Crippen molar-refractivity contribution in [3.63, 3.8) is 0 Å². The van der Waals surface area contributed by atoms with E-state index < -0.39 is 0 Å². The fraction of sp³-hybridized carbons (Fsp3) is 1.00. The van der Waals surface area contributed by atoms with Crippen LogP contribution in [0.25, 0.3) is 0 Å². The average molecular weight is 198 g/mol. The van der Waals surface area contributed by atoms with Crippen LogP contribution in [0.4, 0.5) is 0 Å². The lowest BCUT2D eigenvalue weighted by atomic mass is 9.88. The average Bonchev–Trinajstić information content (AvgIpc) is 2.11. The van der Waals surface area contributed by atoms with E-state index in [9.17, 15) is 0 Å². The quantitative estimate of drug-likeness (QED) is 0.751. The molecule has 1 rings (SSSR count). The molecular weight excluding hydrogens is 172 g/mol. The van der Waals surface area contributed by atoms with E-state index in [1.807, 2.05) is 0 Å². The van der Waals surface area contributed by atoms with E-state index in [-0.39, 0.29) is 0 Å². The van der Waals surface area contributed by atoms with Gasteiger partial charge in [0, 0.05) is 19.1 Å². The summed E-state index contributed by atoms with van der Waals surface area (Å²) < 4.78 is 0. The minimum atomic E-state index is 0.343. The number of rotatable bonds is 3. The molecule has 1 aliphatic rings. The molecule has 3 unspecified atom stereocenters. The van der Waals surface area contributed by atoms with Gasteiger partial charge in [-0.25, -0.2) is 0 Å². The van der Waals surface area contributed by atoms with Gasteiger partial charge >= 0.3 is 0 Å². The molecule has 0 aromatic rings. The van der Waals surface area contributed by atoms with E-state index in [0.29, 0.717) is 12.0 Å². The van der Waals surface area contributed by atoms with Gasteiger partial charge in [-0.3, -0.25) is 0 Å². The number of hydrogen-bond acceptors (Lipinski definition) is 2. The van der Waals surface area contributed by atoms with Crippen molar-refractivity contribution in [1.82, 2.24) is 4.90 Å². The fourth-order valence-electron chi connectivity index (χ4n) is 2.02. The molecule has 1 saturated heterocycles. The van der Waals surface area contributed by atoms with Crippen LogP contribution >= 0.6 is 0 Å². The van der Waals surface area contributed by atoms with E-state index in [1.165, 1.54) is 19.5 Å². The smallest absolute Gasteiger partial charge is 0.0191 e. The molecule has 1 aliphatic heterocycles. The molecular formula is C12H26N2. The molecule has 3 atom stereocenters. The summed E-state index contributed by atoms with van der Waals surface area (Å²) in [5.74, 6) is 2.33. The van der Waals surface area contributed by atoms with E-state index in [0.717, 1.165) is 18.4 Å². The molecule has 0 aliphatic carbocycles. The molecule has 0 aromatic heterocycles. The lowest BCUT2D eigenvalue weighted by Crippen LogP contribution is -2.46. The first kappa shape index (κ1) is 12.0. The van der Waals surface area contributed by atoms with Gasteiger partial charge < -0.3 is 10.6 Å². The van der Waals surface area contributed by atoms with Crippen LogP contribution in [0.2, 0.25) is 0 Å². The Morgan fingerprint density at radius 1 is 1.29 bits per heavy atom. The van der Waals surface area contributed by atoms with Gasteiger partial charge in [-0.1, -0.05) is 27.7 Å². The minimum Gasteiger partial charge on any atom is -0.326 e. The Bertz CT molecular complexity index is 168. The Labute approximate surface area is 88.8 Å². The van der Waals surface area contributed by atoms with Crippen LogP contribution in [-0.2, 0) is 0 Å². The zero-order valence-electron chi connectivity index (χ0n) is 10.2. The minimum absolute atomic E-state index is 0.343. The molecule has 0 spiro atoms. The number of likely N-dealkylation sites (tertiary alicyclic amines) is 1. The lowest BCUT2D eigenvalue weighted by molar-refractivity contribution is 0.126. The van der Waals surface area contributed by atoms with Crippen LogP contribution in [0.1, 0.15) is 34.1 Å². The molecule has 0 radical (unpaired) electrons. The Morgan fingerprint density at radius 2 is 1.93 bits per heavy atom. The van der Waals surface area contributed by atoms with E-state index >= 15 is 0 Å². The summed E-state index contributed by atoms with van der Waals surface area (Å²) in [6, 6.07) is 0.343. The third-order valence-electron chi connectivity index (χ3n) is 3.74. The van der Waals surface area contributed by atoms with Crippen molar-refractivity contribution in [3.8, 4) is 0 Å². The second-order valence-corrected chi connectivity index (χ2v) is 5.41. The van der Waals surface area contributed by atoms with Gasteiger partial charge in [0.15, 0.2) is 0 Å². The van der Waals surface area contributed by atoms with Gasteiger partial charge in [0.1, 0.15) is 0 Å². The number of nitrogens with zero attached hydrogens (tertiary/aromatic N) is 1. The van der Waals surface area contributed by atoms with Crippen molar-refractivity contribution in [1.29, 1.82) is 0 Å². The van der Waals surface area contributed by atoms with Crippen LogP contribution in [0.15, 0.2) is 0 Å². The van der Waals surface area contributed by atoms with Crippen LogP contribution in [0, 0.1) is 17.8 Å². The van der Waals surface area contributed by atoms with E-state index in [2.05, 4.69) is 32.6 Å². The summed E-state index contributed by atoms with van der Waals surface area (Å²) in [4.78, 5) is 2.54. The third kappa shape index (κ3) is 3.25. The molecule has 0 saturated carbocycles. The second-order valence-electron chi connectivity index (χ2n) is 5.41. The monoisotopic (exact) mass is 198 g/mol. The van der Waals surface area contributed by atoms with Gasteiger partial charge in [0.25, 0.3) is 0 Å². The molecule has 0 bridgehead atoms. The van der Waals surface area contributed by atoms with Crippen molar-refractivity contribution < 1.29 is 0 Å². The lowest BCUT2D eigenvalue weighted by Gasteiger charge is -2.37. The van der Waals surface area contributed by atoms with Gasteiger partial charge in [-0.05, 0) is 30.7 Å². The molecule has 2 nitrogen and oxygen atoms in total. The Kier molecular flexibility index (Phi) is 4.39. The first-order chi connectivity index (χ1) is 6.50. The summed E-state index contributed by atoms with van der Waals surface area (Å²) in [6.07, 6.45) is 1.34. The van der Waals surface area contributed by atoms with Crippen LogP contribution in [0.3, 0.4) is 0 Å². The fourth-order valence-corrected chi connectivity index (χ4v) is 2.02. The SMILES string of the molecule is CC(C)C(N)CN1CCC(C)C(C)C1. The molecule has 0 aromatic carbocycles. The van der Waals surface area contributed by atoms with E-state index in [1.54, 1.807) is 0 Å². The highest BCUT2D eigenvalue weighted by molar-refractivity contribution is 4.79. The number of hydrogen-bond donors (Lipinski definition) is 1. The molecule has 2 heteroatoms. The highest BCUT2D eigenvalue weighted by Gasteiger charge is 2.24. The summed E-state index contributed by atoms with van der Waals surface area (Å²) in [7, 11) is 0. The van der Waals surface area contributed by atoms with Crippen LogP contribution in [-0.4, -0.2) is 30.6 Å². The normalized spacial score (nSPS) is 32.1. The van der Waals surface area contributed by atoms with Gasteiger partial charge in [-0.2, -0.15) is 0 Å². The van der Waals surface area contributed by atoms with Crippen molar-refractivity contribution in [2.75, 3.05) is 19.6 Å². The summed E-state index contributed by atoms with van der Waals surface area (Å²) >= 11 is 0. The molecule has 84 valence electrons. The predicted molar refractivity (Wildman–Crippen MR) is 62.2 cm³/mol. The van der Waals surface area contributed by atoms with Crippen molar-refractivity contribution >= 4 is 0 Å². The zero-order chi connectivity index (χ0) is 10.7. The molecule has 1 fully saturated rings. The Morgan fingerprint density at radius 3 is 2.43 bits per heavy atom. The predicted octanol–water partition coefficient (Wildman–Crippen LogP) is 1.95. The van der Waals surface area contributed by atoms with Crippen LogP contribution in [0.5, 0.6) is 0 Å². The summed E-state index contributed by atoms with van der Waals surface area (Å²) in [6.45, 7) is 12.7. The maximum absolute atomic E-state index is 6.09. The van der Waals surface area contributed by atoms with Gasteiger partial charge in [0.05, 0.1) is 0 Å². The Balaban J connectivity index is 2.33.